The standard InChI is InChI=1S/C20H18BrClN2O3S/c1-3-24-19(25)16(23-20(24)28)8-13-9-17(26-2)18(10-14(13)21)27-11-12-6-4-5-7-15(12)22/h4-10H,3,11H2,1-2H3,(H,23,28). The molecule has 146 valence electrons. The van der Waals surface area contributed by atoms with Crippen LogP contribution in [0.15, 0.2) is 46.6 Å². The zero-order chi connectivity index (χ0) is 20.3. The minimum Gasteiger partial charge on any atom is -0.493 e. The van der Waals surface area contributed by atoms with Crippen LogP contribution < -0.4 is 14.8 Å². The molecule has 1 saturated heterocycles. The fourth-order valence-corrected chi connectivity index (χ4v) is 3.67. The van der Waals surface area contributed by atoms with Crippen molar-refractivity contribution < 1.29 is 14.3 Å². The van der Waals surface area contributed by atoms with Crippen molar-refractivity contribution in [2.24, 2.45) is 0 Å². The van der Waals surface area contributed by atoms with E-state index >= 15 is 0 Å². The molecule has 0 spiro atoms. The molecule has 1 amide bonds. The highest BCUT2D eigenvalue weighted by atomic mass is 79.9. The number of hydrogen-bond acceptors (Lipinski definition) is 4. The number of rotatable bonds is 6. The molecule has 0 bridgehead atoms. The average Bonchev–Trinajstić information content (AvgIpc) is 2.95. The highest BCUT2D eigenvalue weighted by Crippen LogP contribution is 2.35. The van der Waals surface area contributed by atoms with E-state index in [9.17, 15) is 4.79 Å². The molecule has 1 fully saturated rings. The Morgan fingerprint density at radius 3 is 2.68 bits per heavy atom. The number of carbonyl (C=O) groups excluding carboxylic acids is 1. The SMILES string of the molecule is CCN1C(=O)C(=Cc2cc(OC)c(OCc3ccccc3Cl)cc2Br)NC1=S. The number of hydrogen-bond donors (Lipinski definition) is 1. The lowest BCUT2D eigenvalue weighted by molar-refractivity contribution is -0.122. The summed E-state index contributed by atoms with van der Waals surface area (Å²) >= 11 is 14.9. The van der Waals surface area contributed by atoms with Gasteiger partial charge in [0.15, 0.2) is 16.6 Å². The molecule has 0 aromatic heterocycles. The van der Waals surface area contributed by atoms with E-state index in [1.165, 1.54) is 4.90 Å². The van der Waals surface area contributed by atoms with Crippen LogP contribution in [0, 0.1) is 0 Å². The van der Waals surface area contributed by atoms with Crippen molar-refractivity contribution >= 4 is 56.8 Å². The summed E-state index contributed by atoms with van der Waals surface area (Å²) in [5.74, 6) is 0.952. The molecule has 1 N–H and O–H groups in total. The number of ether oxygens (including phenoxy) is 2. The summed E-state index contributed by atoms with van der Waals surface area (Å²) in [4.78, 5) is 13.9. The van der Waals surface area contributed by atoms with Crippen molar-refractivity contribution in [1.29, 1.82) is 0 Å². The van der Waals surface area contributed by atoms with E-state index < -0.39 is 0 Å². The second-order valence-electron chi connectivity index (χ2n) is 5.94. The van der Waals surface area contributed by atoms with Crippen LogP contribution in [0.4, 0.5) is 0 Å². The van der Waals surface area contributed by atoms with Crippen LogP contribution in [0.1, 0.15) is 18.1 Å². The number of amides is 1. The molecule has 0 atom stereocenters. The third-order valence-corrected chi connectivity index (χ3v) is 5.58. The lowest BCUT2D eigenvalue weighted by Crippen LogP contribution is -2.30. The number of carbonyl (C=O) groups is 1. The fourth-order valence-electron chi connectivity index (χ4n) is 2.72. The van der Waals surface area contributed by atoms with Crippen LogP contribution in [0.2, 0.25) is 5.02 Å². The first-order chi connectivity index (χ1) is 13.4. The largest absolute Gasteiger partial charge is 0.493 e. The van der Waals surface area contributed by atoms with Gasteiger partial charge in [0, 0.05) is 21.6 Å². The van der Waals surface area contributed by atoms with Gasteiger partial charge >= 0.3 is 0 Å². The fraction of sp³-hybridized carbons (Fsp3) is 0.200. The predicted octanol–water partition coefficient (Wildman–Crippen LogP) is 4.77. The molecular weight excluding hydrogens is 464 g/mol. The number of likely N-dealkylation sites (N-methyl/N-ethyl adjacent to an activating group) is 1. The number of benzene rings is 2. The molecular formula is C20H18BrClN2O3S. The zero-order valence-electron chi connectivity index (χ0n) is 15.3. The first-order valence-electron chi connectivity index (χ1n) is 8.52. The monoisotopic (exact) mass is 480 g/mol. The Morgan fingerprint density at radius 1 is 1.29 bits per heavy atom. The van der Waals surface area contributed by atoms with Crippen molar-refractivity contribution in [2.75, 3.05) is 13.7 Å². The molecule has 0 saturated carbocycles. The van der Waals surface area contributed by atoms with Gasteiger partial charge in [-0.3, -0.25) is 9.69 Å². The minimum atomic E-state index is -0.155. The summed E-state index contributed by atoms with van der Waals surface area (Å²) in [5.41, 5.74) is 2.06. The number of nitrogens with one attached hydrogen (secondary N) is 1. The molecule has 1 aliphatic heterocycles. The Kier molecular flexibility index (Phi) is 6.59. The van der Waals surface area contributed by atoms with E-state index in [0.29, 0.717) is 40.5 Å². The van der Waals surface area contributed by atoms with Gasteiger partial charge in [0.25, 0.3) is 5.91 Å². The average molecular weight is 482 g/mol. The second kappa shape index (κ2) is 8.94. The number of methoxy groups -OCH3 is 1. The number of halogens is 2. The summed E-state index contributed by atoms with van der Waals surface area (Å²) in [5, 5.41) is 3.99. The van der Waals surface area contributed by atoms with Gasteiger partial charge in [-0.25, -0.2) is 0 Å². The Morgan fingerprint density at radius 2 is 2.04 bits per heavy atom. The van der Waals surface area contributed by atoms with Gasteiger partial charge in [-0.1, -0.05) is 45.7 Å². The maximum Gasteiger partial charge on any atom is 0.276 e. The highest BCUT2D eigenvalue weighted by molar-refractivity contribution is 9.10. The Bertz CT molecular complexity index is 964. The van der Waals surface area contributed by atoms with Gasteiger partial charge < -0.3 is 14.8 Å². The van der Waals surface area contributed by atoms with E-state index in [0.717, 1.165) is 15.6 Å². The molecule has 0 radical (unpaired) electrons. The molecule has 1 aliphatic rings. The summed E-state index contributed by atoms with van der Waals surface area (Å²) in [6.07, 6.45) is 1.73. The molecule has 2 aromatic rings. The molecule has 0 unspecified atom stereocenters. The van der Waals surface area contributed by atoms with Crippen molar-refractivity contribution in [3.8, 4) is 11.5 Å². The number of thiocarbonyl (C=S) groups is 1. The molecule has 3 rings (SSSR count). The lowest BCUT2D eigenvalue weighted by atomic mass is 10.1. The summed E-state index contributed by atoms with van der Waals surface area (Å²) in [6, 6.07) is 11.1. The first kappa shape index (κ1) is 20.6. The summed E-state index contributed by atoms with van der Waals surface area (Å²) < 4.78 is 12.1. The van der Waals surface area contributed by atoms with Crippen molar-refractivity contribution in [2.45, 2.75) is 13.5 Å². The van der Waals surface area contributed by atoms with Crippen molar-refractivity contribution in [1.82, 2.24) is 10.2 Å². The normalized spacial score (nSPS) is 15.1. The second-order valence-corrected chi connectivity index (χ2v) is 7.59. The Labute approximate surface area is 182 Å². The molecule has 1 heterocycles. The van der Waals surface area contributed by atoms with Crippen LogP contribution >= 0.6 is 39.7 Å². The third-order valence-electron chi connectivity index (χ3n) is 4.20. The van der Waals surface area contributed by atoms with Gasteiger partial charge in [-0.05, 0) is 49.0 Å². The summed E-state index contributed by atoms with van der Waals surface area (Å²) in [6.45, 7) is 2.70. The van der Waals surface area contributed by atoms with Crippen LogP contribution in [0.3, 0.4) is 0 Å². The molecule has 8 heteroatoms. The van der Waals surface area contributed by atoms with E-state index in [-0.39, 0.29) is 5.91 Å². The molecule has 0 aliphatic carbocycles. The molecule has 2 aromatic carbocycles. The maximum atomic E-state index is 12.4. The minimum absolute atomic E-state index is 0.155. The van der Waals surface area contributed by atoms with E-state index in [4.69, 9.17) is 33.3 Å². The first-order valence-corrected chi connectivity index (χ1v) is 10.1. The van der Waals surface area contributed by atoms with Crippen LogP contribution in [0.5, 0.6) is 11.5 Å². The topological polar surface area (TPSA) is 50.8 Å². The quantitative estimate of drug-likeness (QED) is 0.476. The lowest BCUT2D eigenvalue weighted by Gasteiger charge is -2.13. The van der Waals surface area contributed by atoms with Crippen molar-refractivity contribution in [3.63, 3.8) is 0 Å². The van der Waals surface area contributed by atoms with Crippen LogP contribution in [-0.2, 0) is 11.4 Å². The molecule has 5 nitrogen and oxygen atoms in total. The van der Waals surface area contributed by atoms with Crippen molar-refractivity contribution in [3.05, 3.63) is 62.7 Å². The summed E-state index contributed by atoms with van der Waals surface area (Å²) in [7, 11) is 1.56. The van der Waals surface area contributed by atoms with Crippen LogP contribution in [0.25, 0.3) is 6.08 Å². The Hall–Kier alpha value is -2.09. The Balaban J connectivity index is 1.86. The molecule has 28 heavy (non-hydrogen) atoms. The predicted molar refractivity (Wildman–Crippen MR) is 118 cm³/mol. The van der Waals surface area contributed by atoms with Gasteiger partial charge in [0.2, 0.25) is 0 Å². The van der Waals surface area contributed by atoms with E-state index in [1.807, 2.05) is 31.2 Å². The van der Waals surface area contributed by atoms with E-state index in [1.54, 1.807) is 25.3 Å². The maximum absolute atomic E-state index is 12.4. The highest BCUT2D eigenvalue weighted by Gasteiger charge is 2.29. The van der Waals surface area contributed by atoms with E-state index in [2.05, 4.69) is 21.2 Å². The third kappa shape index (κ3) is 4.32. The number of nitrogens with zero attached hydrogens (tertiary/aromatic N) is 1. The van der Waals surface area contributed by atoms with Crippen LogP contribution in [-0.4, -0.2) is 29.6 Å². The smallest absolute Gasteiger partial charge is 0.276 e. The van der Waals surface area contributed by atoms with Gasteiger partial charge in [0.1, 0.15) is 12.3 Å². The zero-order valence-corrected chi connectivity index (χ0v) is 18.5. The van der Waals surface area contributed by atoms with Gasteiger partial charge in [-0.15, -0.1) is 0 Å². The van der Waals surface area contributed by atoms with Gasteiger partial charge in [0.05, 0.1) is 7.11 Å². The van der Waals surface area contributed by atoms with Gasteiger partial charge in [-0.2, -0.15) is 0 Å².